The van der Waals surface area contributed by atoms with Crippen molar-refractivity contribution in [2.45, 2.75) is 6.92 Å². The van der Waals surface area contributed by atoms with Crippen molar-refractivity contribution >= 4 is 22.6 Å². The van der Waals surface area contributed by atoms with Gasteiger partial charge in [0, 0.05) is 34.7 Å². The number of methoxy groups -OCH3 is 1. The number of benzene rings is 2. The molecule has 1 N–H and O–H groups in total. The summed E-state index contributed by atoms with van der Waals surface area (Å²) in [6, 6.07) is 13.0. The second-order valence-electron chi connectivity index (χ2n) is 5.89. The summed E-state index contributed by atoms with van der Waals surface area (Å²) in [6.45, 7) is 1.86. The van der Waals surface area contributed by atoms with Crippen molar-refractivity contribution < 1.29 is 13.9 Å². The molecule has 4 rings (SSSR count). The van der Waals surface area contributed by atoms with Gasteiger partial charge in [-0.1, -0.05) is 0 Å². The number of aromatic nitrogens is 2. The van der Waals surface area contributed by atoms with Gasteiger partial charge in [0.2, 0.25) is 0 Å². The molecule has 0 saturated carbocycles. The first kappa shape index (κ1) is 16.0. The van der Waals surface area contributed by atoms with Gasteiger partial charge in [-0.05, 0) is 49.4 Å². The number of carbonyl (C=O) groups excluding carboxylic acids is 1. The van der Waals surface area contributed by atoms with E-state index < -0.39 is 0 Å². The molecule has 0 aliphatic heterocycles. The number of hydrogen-bond acceptors (Lipinski definition) is 4. The first-order chi connectivity index (χ1) is 12.7. The first-order valence-electron chi connectivity index (χ1n) is 8.12. The molecule has 2 aromatic carbocycles. The highest BCUT2D eigenvalue weighted by Crippen LogP contribution is 2.29. The highest BCUT2D eigenvalue weighted by molar-refractivity contribution is 6.06. The molecule has 2 aromatic heterocycles. The van der Waals surface area contributed by atoms with Gasteiger partial charge in [0.1, 0.15) is 11.3 Å². The monoisotopic (exact) mass is 347 g/mol. The molecule has 0 aliphatic carbocycles. The minimum absolute atomic E-state index is 0.284. The molecule has 6 heteroatoms. The van der Waals surface area contributed by atoms with E-state index in [1.807, 2.05) is 54.1 Å². The molecular formula is C20H17N3O3. The van der Waals surface area contributed by atoms with Crippen LogP contribution in [0.25, 0.3) is 16.7 Å². The Bertz CT molecular complexity index is 1060. The zero-order valence-corrected chi connectivity index (χ0v) is 14.4. The van der Waals surface area contributed by atoms with Crippen LogP contribution in [0.4, 0.5) is 5.69 Å². The van der Waals surface area contributed by atoms with E-state index in [-0.39, 0.29) is 5.91 Å². The average molecular weight is 347 g/mol. The van der Waals surface area contributed by atoms with Gasteiger partial charge < -0.3 is 19.0 Å². The van der Waals surface area contributed by atoms with Crippen molar-refractivity contribution in [3.05, 3.63) is 72.5 Å². The van der Waals surface area contributed by atoms with E-state index in [4.69, 9.17) is 9.15 Å². The Kier molecular flexibility index (Phi) is 3.93. The van der Waals surface area contributed by atoms with Gasteiger partial charge in [-0.15, -0.1) is 0 Å². The largest absolute Gasteiger partial charge is 0.497 e. The fraction of sp³-hybridized carbons (Fsp3) is 0.100. The van der Waals surface area contributed by atoms with Gasteiger partial charge in [0.15, 0.2) is 5.76 Å². The topological polar surface area (TPSA) is 69.3 Å². The average Bonchev–Trinajstić information content (AvgIpc) is 3.31. The molecule has 0 bridgehead atoms. The third-order valence-corrected chi connectivity index (χ3v) is 4.28. The lowest BCUT2D eigenvalue weighted by Crippen LogP contribution is -2.12. The molecule has 6 nitrogen and oxygen atoms in total. The minimum atomic E-state index is -0.284. The molecule has 0 unspecified atom stereocenters. The highest BCUT2D eigenvalue weighted by atomic mass is 16.5. The molecule has 0 atom stereocenters. The van der Waals surface area contributed by atoms with E-state index >= 15 is 0 Å². The van der Waals surface area contributed by atoms with Crippen LogP contribution < -0.4 is 10.1 Å². The van der Waals surface area contributed by atoms with E-state index in [0.717, 1.165) is 22.4 Å². The Labute approximate surface area is 150 Å². The zero-order chi connectivity index (χ0) is 18.1. The number of ether oxygens (including phenoxy) is 1. The highest BCUT2D eigenvalue weighted by Gasteiger charge is 2.18. The van der Waals surface area contributed by atoms with Crippen LogP contribution in [-0.2, 0) is 0 Å². The van der Waals surface area contributed by atoms with Gasteiger partial charge in [-0.2, -0.15) is 0 Å². The Hall–Kier alpha value is -3.54. The molecule has 1 amide bonds. The normalized spacial score (nSPS) is 10.8. The molecule has 0 radical (unpaired) electrons. The van der Waals surface area contributed by atoms with Crippen molar-refractivity contribution in [3.63, 3.8) is 0 Å². The molecule has 26 heavy (non-hydrogen) atoms. The van der Waals surface area contributed by atoms with Crippen molar-refractivity contribution in [2.24, 2.45) is 0 Å². The number of rotatable bonds is 4. The summed E-state index contributed by atoms with van der Waals surface area (Å²) in [4.78, 5) is 16.6. The second kappa shape index (κ2) is 6.40. The van der Waals surface area contributed by atoms with E-state index in [2.05, 4.69) is 10.3 Å². The Balaban J connectivity index is 1.58. The minimum Gasteiger partial charge on any atom is -0.497 e. The van der Waals surface area contributed by atoms with Crippen molar-refractivity contribution in [1.29, 1.82) is 0 Å². The fourth-order valence-corrected chi connectivity index (χ4v) is 2.86. The fourth-order valence-electron chi connectivity index (χ4n) is 2.86. The number of furan rings is 1. The molecule has 0 saturated heterocycles. The zero-order valence-electron chi connectivity index (χ0n) is 14.4. The summed E-state index contributed by atoms with van der Waals surface area (Å²) < 4.78 is 12.9. The molecule has 130 valence electrons. The smallest absolute Gasteiger partial charge is 0.291 e. The first-order valence-corrected chi connectivity index (χ1v) is 8.12. The van der Waals surface area contributed by atoms with Gasteiger partial charge in [0.25, 0.3) is 5.91 Å². The van der Waals surface area contributed by atoms with E-state index in [1.54, 1.807) is 25.7 Å². The molecule has 0 aliphatic rings. The molecule has 0 spiro atoms. The quantitative estimate of drug-likeness (QED) is 0.601. The van der Waals surface area contributed by atoms with Crippen LogP contribution in [-0.4, -0.2) is 22.6 Å². The number of aryl methyl sites for hydroxylation is 1. The van der Waals surface area contributed by atoms with Crippen LogP contribution >= 0.6 is 0 Å². The molecule has 4 aromatic rings. The van der Waals surface area contributed by atoms with Crippen LogP contribution in [0.5, 0.6) is 5.75 Å². The Morgan fingerprint density at radius 1 is 1.19 bits per heavy atom. The Morgan fingerprint density at radius 3 is 2.69 bits per heavy atom. The maximum Gasteiger partial charge on any atom is 0.291 e. The number of carbonyl (C=O) groups is 1. The Morgan fingerprint density at radius 2 is 2.00 bits per heavy atom. The SMILES string of the molecule is COc1ccc2oc(C(=O)Nc3ccc(-n4ccnc4)cc3)c(C)c2c1. The summed E-state index contributed by atoms with van der Waals surface area (Å²) in [6.07, 6.45) is 5.30. The van der Waals surface area contributed by atoms with Crippen LogP contribution in [0.2, 0.25) is 0 Å². The van der Waals surface area contributed by atoms with Crippen molar-refractivity contribution in [3.8, 4) is 11.4 Å². The maximum absolute atomic E-state index is 12.6. The van der Waals surface area contributed by atoms with Crippen LogP contribution in [0.15, 0.2) is 65.6 Å². The third-order valence-electron chi connectivity index (χ3n) is 4.28. The van der Waals surface area contributed by atoms with Crippen LogP contribution in [0.1, 0.15) is 16.1 Å². The number of imidazole rings is 1. The van der Waals surface area contributed by atoms with Crippen LogP contribution in [0.3, 0.4) is 0 Å². The maximum atomic E-state index is 12.6. The standard InChI is InChI=1S/C20H17N3O3/c1-13-17-11-16(25-2)7-8-18(17)26-19(13)20(24)22-14-3-5-15(6-4-14)23-10-9-21-12-23/h3-12H,1-2H3,(H,22,24). The van der Waals surface area contributed by atoms with Crippen molar-refractivity contribution in [2.75, 3.05) is 12.4 Å². The van der Waals surface area contributed by atoms with Crippen molar-refractivity contribution in [1.82, 2.24) is 9.55 Å². The second-order valence-corrected chi connectivity index (χ2v) is 5.89. The summed E-state index contributed by atoms with van der Waals surface area (Å²) in [5, 5.41) is 3.74. The molecular weight excluding hydrogens is 330 g/mol. The number of anilines is 1. The lowest BCUT2D eigenvalue weighted by molar-refractivity contribution is 0.0998. The summed E-state index contributed by atoms with van der Waals surface area (Å²) in [5.41, 5.74) is 3.10. The van der Waals surface area contributed by atoms with E-state index in [1.165, 1.54) is 0 Å². The number of hydrogen-bond donors (Lipinski definition) is 1. The number of nitrogens with zero attached hydrogens (tertiary/aromatic N) is 2. The van der Waals surface area contributed by atoms with Crippen LogP contribution in [0, 0.1) is 6.92 Å². The summed E-state index contributed by atoms with van der Waals surface area (Å²) in [7, 11) is 1.61. The predicted molar refractivity (Wildman–Crippen MR) is 99.0 cm³/mol. The van der Waals surface area contributed by atoms with Gasteiger partial charge >= 0.3 is 0 Å². The summed E-state index contributed by atoms with van der Waals surface area (Å²) in [5.74, 6) is 0.739. The lowest BCUT2D eigenvalue weighted by atomic mass is 10.1. The molecule has 0 fully saturated rings. The van der Waals surface area contributed by atoms with Gasteiger partial charge in [-0.3, -0.25) is 4.79 Å². The lowest BCUT2D eigenvalue weighted by Gasteiger charge is -2.06. The van der Waals surface area contributed by atoms with Gasteiger partial charge in [0.05, 0.1) is 13.4 Å². The van der Waals surface area contributed by atoms with E-state index in [0.29, 0.717) is 17.0 Å². The number of fused-ring (bicyclic) bond motifs is 1. The van der Waals surface area contributed by atoms with E-state index in [9.17, 15) is 4.79 Å². The summed E-state index contributed by atoms with van der Waals surface area (Å²) >= 11 is 0. The molecule has 2 heterocycles. The number of nitrogens with one attached hydrogen (secondary N) is 1. The third kappa shape index (κ3) is 2.82. The number of amides is 1. The predicted octanol–water partition coefficient (Wildman–Crippen LogP) is 4.19. The van der Waals surface area contributed by atoms with Gasteiger partial charge in [-0.25, -0.2) is 4.98 Å².